The third kappa shape index (κ3) is 3.24. The molecule has 1 fully saturated rings. The Kier molecular flexibility index (Phi) is 4.23. The third-order valence-electron chi connectivity index (χ3n) is 3.37. The Hall–Kier alpha value is -1.02. The maximum atomic E-state index is 5.70. The highest BCUT2D eigenvalue weighted by Gasteiger charge is 2.20. The molecule has 0 spiro atoms. The summed E-state index contributed by atoms with van der Waals surface area (Å²) in [5.74, 6) is 1.89. The van der Waals surface area contributed by atoms with Crippen molar-refractivity contribution in [3.8, 4) is 5.75 Å². The van der Waals surface area contributed by atoms with Gasteiger partial charge in [-0.1, -0.05) is 31.5 Å². The van der Waals surface area contributed by atoms with Gasteiger partial charge in [0, 0.05) is 13.1 Å². The summed E-state index contributed by atoms with van der Waals surface area (Å²) in [5.41, 5.74) is 0. The van der Waals surface area contributed by atoms with Crippen molar-refractivity contribution in [2.75, 3.05) is 26.2 Å². The maximum Gasteiger partial charge on any atom is 0.119 e. The average Bonchev–Trinajstić information content (AvgIpc) is 2.78. The molecule has 0 amide bonds. The van der Waals surface area contributed by atoms with Gasteiger partial charge in [0.2, 0.25) is 0 Å². The molecule has 0 aliphatic carbocycles. The summed E-state index contributed by atoms with van der Waals surface area (Å²) >= 11 is 0. The molecule has 0 bridgehead atoms. The van der Waals surface area contributed by atoms with Gasteiger partial charge in [0.05, 0.1) is 0 Å². The predicted molar refractivity (Wildman–Crippen MR) is 66.8 cm³/mol. The first kappa shape index (κ1) is 11.5. The third-order valence-corrected chi connectivity index (χ3v) is 3.37. The van der Waals surface area contributed by atoms with Gasteiger partial charge < -0.3 is 4.74 Å². The largest absolute Gasteiger partial charge is 0.492 e. The van der Waals surface area contributed by atoms with Gasteiger partial charge in [0.1, 0.15) is 12.4 Å². The van der Waals surface area contributed by atoms with E-state index in [4.69, 9.17) is 4.74 Å². The minimum Gasteiger partial charge on any atom is -0.492 e. The minimum absolute atomic E-state index is 0.806. The number of hydrogen-bond acceptors (Lipinski definition) is 2. The Balaban J connectivity index is 1.65. The van der Waals surface area contributed by atoms with Crippen LogP contribution in [0.4, 0.5) is 0 Å². The van der Waals surface area contributed by atoms with Crippen LogP contribution in [0, 0.1) is 5.92 Å². The van der Waals surface area contributed by atoms with E-state index in [9.17, 15) is 0 Å². The van der Waals surface area contributed by atoms with E-state index in [1.807, 2.05) is 30.3 Å². The minimum atomic E-state index is 0.806. The Labute approximate surface area is 98.2 Å². The van der Waals surface area contributed by atoms with E-state index < -0.39 is 0 Å². The molecule has 2 nitrogen and oxygen atoms in total. The van der Waals surface area contributed by atoms with Crippen molar-refractivity contribution in [3.05, 3.63) is 30.3 Å². The molecular formula is C14H21NO. The zero-order valence-corrected chi connectivity index (χ0v) is 10.1. The molecule has 1 heterocycles. The molecule has 1 saturated heterocycles. The first-order valence-corrected chi connectivity index (χ1v) is 6.28. The SMILES string of the molecule is CC[C@H]1CCN(CCOc2ccccc2)C1. The lowest BCUT2D eigenvalue weighted by atomic mass is 10.1. The number of nitrogens with zero attached hydrogens (tertiary/aromatic N) is 1. The van der Waals surface area contributed by atoms with Crippen molar-refractivity contribution < 1.29 is 4.74 Å². The van der Waals surface area contributed by atoms with Gasteiger partial charge in [-0.2, -0.15) is 0 Å². The molecule has 0 aromatic heterocycles. The molecule has 1 aliphatic heterocycles. The zero-order valence-electron chi connectivity index (χ0n) is 10.1. The van der Waals surface area contributed by atoms with Crippen molar-refractivity contribution in [2.24, 2.45) is 5.92 Å². The Morgan fingerprint density at radius 1 is 1.31 bits per heavy atom. The van der Waals surface area contributed by atoms with Crippen LogP contribution in [0.25, 0.3) is 0 Å². The van der Waals surface area contributed by atoms with Gasteiger partial charge in [-0.15, -0.1) is 0 Å². The van der Waals surface area contributed by atoms with Crippen molar-refractivity contribution in [1.29, 1.82) is 0 Å². The smallest absolute Gasteiger partial charge is 0.119 e. The number of rotatable bonds is 5. The topological polar surface area (TPSA) is 12.5 Å². The van der Waals surface area contributed by atoms with Gasteiger partial charge in [-0.3, -0.25) is 4.90 Å². The summed E-state index contributed by atoms with van der Waals surface area (Å²) in [5, 5.41) is 0. The summed E-state index contributed by atoms with van der Waals surface area (Å²) in [6, 6.07) is 10.1. The Morgan fingerprint density at radius 2 is 2.12 bits per heavy atom. The first-order valence-electron chi connectivity index (χ1n) is 6.28. The molecule has 0 N–H and O–H groups in total. The van der Waals surface area contributed by atoms with Crippen LogP contribution in [0.15, 0.2) is 30.3 Å². The summed E-state index contributed by atoms with van der Waals surface area (Å²) in [7, 11) is 0. The van der Waals surface area contributed by atoms with Crippen LogP contribution in [0.5, 0.6) is 5.75 Å². The van der Waals surface area contributed by atoms with Crippen molar-refractivity contribution in [2.45, 2.75) is 19.8 Å². The molecule has 88 valence electrons. The Bertz CT molecular complexity index is 299. The quantitative estimate of drug-likeness (QED) is 0.755. The van der Waals surface area contributed by atoms with E-state index in [1.165, 1.54) is 25.9 Å². The fourth-order valence-electron chi connectivity index (χ4n) is 2.26. The lowest BCUT2D eigenvalue weighted by Gasteiger charge is -2.15. The summed E-state index contributed by atoms with van der Waals surface area (Å²) < 4.78 is 5.70. The highest BCUT2D eigenvalue weighted by molar-refractivity contribution is 5.20. The van der Waals surface area contributed by atoms with Gasteiger partial charge in [0.15, 0.2) is 0 Å². The van der Waals surface area contributed by atoms with E-state index in [-0.39, 0.29) is 0 Å². The Morgan fingerprint density at radius 3 is 2.81 bits per heavy atom. The van der Waals surface area contributed by atoms with Crippen LogP contribution in [0.2, 0.25) is 0 Å². The number of benzene rings is 1. The molecule has 1 aromatic carbocycles. The summed E-state index contributed by atoms with van der Waals surface area (Å²) in [6.07, 6.45) is 2.68. The molecule has 1 aliphatic rings. The number of likely N-dealkylation sites (tertiary alicyclic amines) is 1. The van der Waals surface area contributed by atoms with Crippen LogP contribution < -0.4 is 4.74 Å². The van der Waals surface area contributed by atoms with Crippen molar-refractivity contribution in [3.63, 3.8) is 0 Å². The molecule has 0 radical (unpaired) electrons. The zero-order chi connectivity index (χ0) is 11.2. The molecule has 1 atom stereocenters. The highest BCUT2D eigenvalue weighted by Crippen LogP contribution is 2.18. The summed E-state index contributed by atoms with van der Waals surface area (Å²) in [6.45, 7) is 6.66. The average molecular weight is 219 g/mol. The van der Waals surface area contributed by atoms with Crippen LogP contribution in [0.1, 0.15) is 19.8 Å². The fraction of sp³-hybridized carbons (Fsp3) is 0.571. The molecular weight excluding hydrogens is 198 g/mol. The lowest BCUT2D eigenvalue weighted by molar-refractivity contribution is 0.232. The van der Waals surface area contributed by atoms with Crippen LogP contribution in [-0.4, -0.2) is 31.1 Å². The maximum absolute atomic E-state index is 5.70. The highest BCUT2D eigenvalue weighted by atomic mass is 16.5. The van der Waals surface area contributed by atoms with E-state index in [2.05, 4.69) is 11.8 Å². The normalized spacial score (nSPS) is 21.2. The molecule has 0 unspecified atom stereocenters. The standard InChI is InChI=1S/C14H21NO/c1-2-13-8-9-15(12-13)10-11-16-14-6-4-3-5-7-14/h3-7,13H,2,8-12H2,1H3/t13-/m0/s1. The first-order chi connectivity index (χ1) is 7.88. The molecule has 2 rings (SSSR count). The van der Waals surface area contributed by atoms with E-state index in [1.54, 1.807) is 0 Å². The summed E-state index contributed by atoms with van der Waals surface area (Å²) in [4.78, 5) is 2.51. The second kappa shape index (κ2) is 5.90. The number of hydrogen-bond donors (Lipinski definition) is 0. The predicted octanol–water partition coefficient (Wildman–Crippen LogP) is 2.80. The fourth-order valence-corrected chi connectivity index (χ4v) is 2.26. The van der Waals surface area contributed by atoms with Crippen LogP contribution in [-0.2, 0) is 0 Å². The number of ether oxygens (including phenoxy) is 1. The second-order valence-electron chi connectivity index (χ2n) is 4.53. The second-order valence-corrected chi connectivity index (χ2v) is 4.53. The molecule has 16 heavy (non-hydrogen) atoms. The van der Waals surface area contributed by atoms with E-state index >= 15 is 0 Å². The van der Waals surface area contributed by atoms with E-state index in [0.717, 1.165) is 24.8 Å². The lowest BCUT2D eigenvalue weighted by Crippen LogP contribution is -2.26. The molecule has 1 aromatic rings. The van der Waals surface area contributed by atoms with E-state index in [0.29, 0.717) is 0 Å². The van der Waals surface area contributed by atoms with Gasteiger partial charge >= 0.3 is 0 Å². The molecule has 2 heteroatoms. The van der Waals surface area contributed by atoms with Gasteiger partial charge in [0.25, 0.3) is 0 Å². The van der Waals surface area contributed by atoms with Gasteiger partial charge in [-0.25, -0.2) is 0 Å². The van der Waals surface area contributed by atoms with Gasteiger partial charge in [-0.05, 0) is 31.0 Å². The van der Waals surface area contributed by atoms with Crippen LogP contribution >= 0.6 is 0 Å². The monoisotopic (exact) mass is 219 g/mol. The van der Waals surface area contributed by atoms with Crippen molar-refractivity contribution in [1.82, 2.24) is 4.90 Å². The molecule has 0 saturated carbocycles. The van der Waals surface area contributed by atoms with Crippen LogP contribution in [0.3, 0.4) is 0 Å². The number of para-hydroxylation sites is 1. The van der Waals surface area contributed by atoms with Crippen molar-refractivity contribution >= 4 is 0 Å².